The summed E-state index contributed by atoms with van der Waals surface area (Å²) in [7, 11) is 0. The maximum atomic E-state index is 11.6. The van der Waals surface area contributed by atoms with Gasteiger partial charge in [0.25, 0.3) is 0 Å². The quantitative estimate of drug-likeness (QED) is 0.614. The van der Waals surface area contributed by atoms with Crippen LogP contribution in [0.25, 0.3) is 0 Å². The van der Waals surface area contributed by atoms with E-state index >= 15 is 0 Å². The van der Waals surface area contributed by atoms with E-state index in [2.05, 4.69) is 0 Å². The van der Waals surface area contributed by atoms with Gasteiger partial charge in [-0.15, -0.1) is 0 Å². The summed E-state index contributed by atoms with van der Waals surface area (Å²) in [6.45, 7) is 9.99. The lowest BCUT2D eigenvalue weighted by Gasteiger charge is -2.27. The molecule has 100 valence electrons. The Hall–Kier alpha value is -0.900. The topological polar surface area (TPSA) is 52.6 Å². The molecule has 0 radical (unpaired) electrons. The average Bonchev–Trinajstić information content (AvgIpc) is 2.22. The molecule has 2 atom stereocenters. The van der Waals surface area contributed by atoms with E-state index in [4.69, 9.17) is 9.47 Å². The molecule has 0 N–H and O–H groups in total. The fourth-order valence-electron chi connectivity index (χ4n) is 1.86. The minimum Gasteiger partial charge on any atom is -0.466 e. The van der Waals surface area contributed by atoms with Gasteiger partial charge < -0.3 is 9.47 Å². The van der Waals surface area contributed by atoms with Crippen molar-refractivity contribution in [3.63, 3.8) is 0 Å². The maximum Gasteiger partial charge on any atom is 0.306 e. The largest absolute Gasteiger partial charge is 0.466 e. The van der Waals surface area contributed by atoms with Crippen LogP contribution in [0.3, 0.4) is 0 Å². The number of carbonyl (C=O) groups is 2. The Kier molecular flexibility index (Phi) is 7.79. The van der Waals surface area contributed by atoms with Crippen molar-refractivity contribution in [2.45, 2.75) is 47.1 Å². The first-order valence-corrected chi connectivity index (χ1v) is 6.21. The van der Waals surface area contributed by atoms with Crippen LogP contribution >= 0.6 is 0 Å². The third-order valence-electron chi connectivity index (χ3n) is 2.63. The number of esters is 1. The summed E-state index contributed by atoms with van der Waals surface area (Å²) >= 11 is 0. The molecule has 17 heavy (non-hydrogen) atoms. The van der Waals surface area contributed by atoms with Gasteiger partial charge in [0, 0.05) is 6.61 Å². The first kappa shape index (κ1) is 16.1. The van der Waals surface area contributed by atoms with Gasteiger partial charge in [-0.05, 0) is 26.7 Å². The zero-order chi connectivity index (χ0) is 13.4. The lowest BCUT2D eigenvalue weighted by Crippen LogP contribution is -2.35. The van der Waals surface area contributed by atoms with Gasteiger partial charge in [0.05, 0.1) is 25.0 Å². The van der Waals surface area contributed by atoms with Gasteiger partial charge in [-0.1, -0.05) is 13.8 Å². The molecule has 0 fully saturated rings. The van der Waals surface area contributed by atoms with Crippen LogP contribution in [-0.2, 0) is 19.1 Å². The summed E-state index contributed by atoms with van der Waals surface area (Å²) in [5.74, 6) is -0.574. The molecule has 0 heterocycles. The third-order valence-corrected chi connectivity index (χ3v) is 2.63. The minimum absolute atomic E-state index is 0.0230. The minimum atomic E-state index is -0.408. The number of ether oxygens (including phenoxy) is 2. The molecule has 2 unspecified atom stereocenters. The summed E-state index contributed by atoms with van der Waals surface area (Å²) in [5.41, 5.74) is 0. The first-order chi connectivity index (χ1) is 7.93. The van der Waals surface area contributed by atoms with Crippen molar-refractivity contribution in [1.29, 1.82) is 0 Å². The molecule has 0 aliphatic rings. The predicted molar refractivity (Wildman–Crippen MR) is 65.7 cm³/mol. The number of Topliss-reactive ketones (excluding diaryl/α,β-unsaturated/α-hetero) is 1. The van der Waals surface area contributed by atoms with Gasteiger partial charge in [-0.2, -0.15) is 0 Å². The number of hydrogen-bond donors (Lipinski definition) is 0. The molecule has 0 spiro atoms. The van der Waals surface area contributed by atoms with E-state index in [1.165, 1.54) is 6.92 Å². The second-order valence-corrected chi connectivity index (χ2v) is 4.39. The first-order valence-electron chi connectivity index (χ1n) is 6.21. The second kappa shape index (κ2) is 8.23. The van der Waals surface area contributed by atoms with Crippen molar-refractivity contribution >= 4 is 11.8 Å². The molecule has 0 rings (SSSR count). The standard InChI is InChI=1S/C13H24O4/c1-6-16-12(15)8-11(10(5)14)13(9(3)4)17-7-2/h9,11,13H,6-8H2,1-5H3. The number of rotatable bonds is 8. The van der Waals surface area contributed by atoms with Crippen molar-refractivity contribution in [2.24, 2.45) is 11.8 Å². The Bertz CT molecular complexity index is 248. The molecule has 0 aromatic heterocycles. The Morgan fingerprint density at radius 1 is 1.12 bits per heavy atom. The van der Waals surface area contributed by atoms with Crippen molar-refractivity contribution in [2.75, 3.05) is 13.2 Å². The van der Waals surface area contributed by atoms with Crippen molar-refractivity contribution in [1.82, 2.24) is 0 Å². The van der Waals surface area contributed by atoms with E-state index in [0.717, 1.165) is 0 Å². The van der Waals surface area contributed by atoms with Gasteiger partial charge in [-0.3, -0.25) is 9.59 Å². The van der Waals surface area contributed by atoms with Crippen LogP contribution in [0.1, 0.15) is 41.0 Å². The van der Waals surface area contributed by atoms with Crippen LogP contribution in [0.2, 0.25) is 0 Å². The van der Waals surface area contributed by atoms with E-state index in [-0.39, 0.29) is 30.2 Å². The smallest absolute Gasteiger partial charge is 0.306 e. The molecule has 0 aliphatic heterocycles. The van der Waals surface area contributed by atoms with E-state index in [0.29, 0.717) is 13.2 Å². The van der Waals surface area contributed by atoms with E-state index < -0.39 is 5.92 Å². The highest BCUT2D eigenvalue weighted by Crippen LogP contribution is 2.21. The Balaban J connectivity index is 4.68. The predicted octanol–water partition coefficient (Wildman–Crippen LogP) is 2.21. The number of hydrogen-bond acceptors (Lipinski definition) is 4. The molecule has 4 nitrogen and oxygen atoms in total. The molecule has 4 heteroatoms. The summed E-state index contributed by atoms with van der Waals surface area (Å²) in [4.78, 5) is 23.1. The third kappa shape index (κ3) is 5.82. The fraction of sp³-hybridized carbons (Fsp3) is 0.846. The van der Waals surface area contributed by atoms with E-state index in [1.54, 1.807) is 6.92 Å². The van der Waals surface area contributed by atoms with Gasteiger partial charge >= 0.3 is 5.97 Å². The van der Waals surface area contributed by atoms with E-state index in [1.807, 2.05) is 20.8 Å². The van der Waals surface area contributed by atoms with Crippen molar-refractivity contribution < 1.29 is 19.1 Å². The lowest BCUT2D eigenvalue weighted by atomic mass is 9.87. The summed E-state index contributed by atoms with van der Waals surface area (Å²) in [6.07, 6.45) is -0.117. The van der Waals surface area contributed by atoms with Gasteiger partial charge in [0.2, 0.25) is 0 Å². The molecule has 0 bridgehead atoms. The van der Waals surface area contributed by atoms with Crippen molar-refractivity contribution in [3.8, 4) is 0 Å². The summed E-state index contributed by atoms with van der Waals surface area (Å²) < 4.78 is 10.5. The molecule has 0 saturated carbocycles. The highest BCUT2D eigenvalue weighted by molar-refractivity contribution is 5.84. The normalized spacial score (nSPS) is 14.5. The second-order valence-electron chi connectivity index (χ2n) is 4.39. The van der Waals surface area contributed by atoms with Crippen LogP contribution in [0.5, 0.6) is 0 Å². The molecule has 0 aromatic carbocycles. The van der Waals surface area contributed by atoms with Crippen LogP contribution in [-0.4, -0.2) is 31.1 Å². The van der Waals surface area contributed by atoms with E-state index in [9.17, 15) is 9.59 Å². The summed E-state index contributed by atoms with van der Waals surface area (Å²) in [5, 5.41) is 0. The fourth-order valence-corrected chi connectivity index (χ4v) is 1.86. The van der Waals surface area contributed by atoms with Crippen LogP contribution < -0.4 is 0 Å². The monoisotopic (exact) mass is 244 g/mol. The van der Waals surface area contributed by atoms with Gasteiger partial charge in [-0.25, -0.2) is 0 Å². The van der Waals surface area contributed by atoms with Gasteiger partial charge in [0.1, 0.15) is 5.78 Å². The zero-order valence-corrected chi connectivity index (χ0v) is 11.5. The summed E-state index contributed by atoms with van der Waals surface area (Å²) in [6, 6.07) is 0. The SMILES string of the molecule is CCOC(=O)CC(C(C)=O)C(OCC)C(C)C. The highest BCUT2D eigenvalue weighted by Gasteiger charge is 2.31. The number of ketones is 1. The van der Waals surface area contributed by atoms with Crippen LogP contribution in [0.15, 0.2) is 0 Å². The average molecular weight is 244 g/mol. The Labute approximate surface area is 104 Å². The van der Waals surface area contributed by atoms with Crippen LogP contribution in [0, 0.1) is 11.8 Å². The molecule has 0 aromatic rings. The Morgan fingerprint density at radius 2 is 1.71 bits per heavy atom. The molecule has 0 saturated heterocycles. The maximum absolute atomic E-state index is 11.6. The molecular formula is C13H24O4. The van der Waals surface area contributed by atoms with Crippen molar-refractivity contribution in [3.05, 3.63) is 0 Å². The number of carbonyl (C=O) groups excluding carboxylic acids is 2. The molecule has 0 aliphatic carbocycles. The zero-order valence-electron chi connectivity index (χ0n) is 11.5. The van der Waals surface area contributed by atoms with Crippen LogP contribution in [0.4, 0.5) is 0 Å². The molecular weight excluding hydrogens is 220 g/mol. The molecule has 0 amide bonds. The lowest BCUT2D eigenvalue weighted by molar-refractivity contribution is -0.149. The highest BCUT2D eigenvalue weighted by atomic mass is 16.5. The Morgan fingerprint density at radius 3 is 2.06 bits per heavy atom. The van der Waals surface area contributed by atoms with Gasteiger partial charge in [0.15, 0.2) is 0 Å².